The summed E-state index contributed by atoms with van der Waals surface area (Å²) >= 11 is 0. The van der Waals surface area contributed by atoms with Crippen molar-refractivity contribution in [1.82, 2.24) is 9.21 Å². The quantitative estimate of drug-likeness (QED) is 0.656. The van der Waals surface area contributed by atoms with Crippen LogP contribution in [0.4, 0.5) is 28.9 Å². The normalized spacial score (nSPS) is 17.3. The maximum Gasteiger partial charge on any atom is 0.419 e. The monoisotopic (exact) mass is 483 g/mol. The van der Waals surface area contributed by atoms with Gasteiger partial charge in [-0.15, -0.1) is 0 Å². The van der Waals surface area contributed by atoms with E-state index in [1.807, 2.05) is 6.07 Å². The first-order valence-electron chi connectivity index (χ1n) is 10.2. The summed E-state index contributed by atoms with van der Waals surface area (Å²) < 4.78 is 77.0. The predicted octanol–water partition coefficient (Wildman–Crippen LogP) is 3.88. The lowest BCUT2D eigenvalue weighted by Gasteiger charge is -2.40. The molecule has 0 atom stereocenters. The Morgan fingerprint density at radius 1 is 1.18 bits per heavy atom. The number of rotatable bonds is 5. The lowest BCUT2D eigenvalue weighted by atomic mass is 9.95. The average molecular weight is 483 g/mol. The third-order valence-corrected chi connectivity index (χ3v) is 7.34. The Morgan fingerprint density at radius 2 is 1.91 bits per heavy atom. The molecule has 0 radical (unpaired) electrons. The maximum absolute atomic E-state index is 13.9. The van der Waals surface area contributed by atoms with E-state index in [9.17, 15) is 30.8 Å². The van der Waals surface area contributed by atoms with Crippen molar-refractivity contribution >= 4 is 27.3 Å². The van der Waals surface area contributed by atoms with Crippen LogP contribution in [-0.2, 0) is 34.0 Å². The first kappa shape index (κ1) is 23.2. The van der Waals surface area contributed by atoms with Crippen LogP contribution in [0.5, 0.6) is 0 Å². The number of benzene rings is 2. The smallest absolute Gasteiger partial charge is 0.355 e. The highest BCUT2D eigenvalue weighted by Gasteiger charge is 2.41. The second kappa shape index (κ2) is 8.45. The molecule has 2 aliphatic rings. The second-order valence-corrected chi connectivity index (χ2v) is 9.88. The van der Waals surface area contributed by atoms with E-state index in [0.717, 1.165) is 22.6 Å². The summed E-state index contributed by atoms with van der Waals surface area (Å²) in [5.41, 5.74) is 1.25. The highest BCUT2D eigenvalue weighted by molar-refractivity contribution is 7.92. The molecule has 0 spiro atoms. The summed E-state index contributed by atoms with van der Waals surface area (Å²) in [5.74, 6) is -1.89. The molecular formula is C22H21F4N3O3S. The summed E-state index contributed by atoms with van der Waals surface area (Å²) in [6.45, 7) is 4.26. The fourth-order valence-electron chi connectivity index (χ4n) is 4.06. The van der Waals surface area contributed by atoms with Gasteiger partial charge < -0.3 is 10.2 Å². The van der Waals surface area contributed by atoms with Crippen LogP contribution in [0.1, 0.15) is 16.7 Å². The fourth-order valence-corrected chi connectivity index (χ4v) is 5.04. The van der Waals surface area contributed by atoms with Gasteiger partial charge in [-0.3, -0.25) is 4.79 Å². The molecule has 11 heteroatoms. The molecule has 2 aliphatic heterocycles. The molecule has 176 valence electrons. The SMILES string of the molecule is C=CS(=O)(=O)N1CC(C(=O)N2CCc3c(cccc3Nc3ccc(C(F)(F)F)c(F)c3)C2)C1. The van der Waals surface area contributed by atoms with Crippen LogP contribution in [0.25, 0.3) is 0 Å². The number of alkyl halides is 3. The number of hydrogen-bond donors (Lipinski definition) is 1. The summed E-state index contributed by atoms with van der Waals surface area (Å²) in [6, 6.07) is 8.02. The molecule has 1 saturated heterocycles. The molecule has 0 aromatic heterocycles. The van der Waals surface area contributed by atoms with E-state index in [-0.39, 0.29) is 24.7 Å². The van der Waals surface area contributed by atoms with E-state index >= 15 is 0 Å². The lowest BCUT2D eigenvalue weighted by molar-refractivity contribution is -0.140. The number of carbonyl (C=O) groups is 1. The van der Waals surface area contributed by atoms with Crippen LogP contribution in [0.15, 0.2) is 48.4 Å². The Bertz CT molecular complexity index is 1210. The highest BCUT2D eigenvalue weighted by atomic mass is 32.2. The Kier molecular flexibility index (Phi) is 5.95. The number of amides is 1. The Hall–Kier alpha value is -2.92. The zero-order valence-electron chi connectivity index (χ0n) is 17.4. The van der Waals surface area contributed by atoms with E-state index in [4.69, 9.17) is 0 Å². The molecule has 0 aliphatic carbocycles. The van der Waals surface area contributed by atoms with Crippen molar-refractivity contribution in [3.63, 3.8) is 0 Å². The third kappa shape index (κ3) is 4.60. The van der Waals surface area contributed by atoms with Gasteiger partial charge in [0.25, 0.3) is 0 Å². The minimum Gasteiger partial charge on any atom is -0.355 e. The van der Waals surface area contributed by atoms with Gasteiger partial charge in [0.1, 0.15) is 5.82 Å². The molecule has 0 saturated carbocycles. The van der Waals surface area contributed by atoms with Gasteiger partial charge >= 0.3 is 6.18 Å². The van der Waals surface area contributed by atoms with Crippen molar-refractivity contribution < 1.29 is 30.8 Å². The molecule has 1 N–H and O–H groups in total. The fraction of sp³-hybridized carbons (Fsp3) is 0.318. The van der Waals surface area contributed by atoms with Crippen molar-refractivity contribution in [2.75, 3.05) is 25.0 Å². The minimum absolute atomic E-state index is 0.123. The molecule has 6 nitrogen and oxygen atoms in total. The van der Waals surface area contributed by atoms with Gasteiger partial charge in [-0.2, -0.15) is 17.5 Å². The van der Waals surface area contributed by atoms with E-state index in [2.05, 4.69) is 11.9 Å². The largest absolute Gasteiger partial charge is 0.419 e. The Labute approximate surface area is 188 Å². The van der Waals surface area contributed by atoms with Gasteiger partial charge in [0, 0.05) is 43.0 Å². The molecule has 2 aromatic rings. The molecule has 1 amide bonds. The first-order chi connectivity index (χ1) is 15.5. The van der Waals surface area contributed by atoms with Gasteiger partial charge in [0.05, 0.1) is 11.5 Å². The molecule has 2 aromatic carbocycles. The van der Waals surface area contributed by atoms with Crippen molar-refractivity contribution in [2.45, 2.75) is 19.1 Å². The summed E-state index contributed by atoms with van der Waals surface area (Å²) in [4.78, 5) is 14.5. The van der Waals surface area contributed by atoms with Crippen molar-refractivity contribution in [1.29, 1.82) is 0 Å². The van der Waals surface area contributed by atoms with Crippen molar-refractivity contribution in [2.24, 2.45) is 5.92 Å². The van der Waals surface area contributed by atoms with E-state index in [1.165, 1.54) is 10.4 Å². The van der Waals surface area contributed by atoms with Crippen LogP contribution in [0.3, 0.4) is 0 Å². The van der Waals surface area contributed by atoms with Crippen LogP contribution in [-0.4, -0.2) is 43.2 Å². The second-order valence-electron chi connectivity index (χ2n) is 8.00. The standard InChI is InChI=1S/C22H21F4N3O3S/c1-2-33(31,32)29-12-15(13-29)21(30)28-9-8-17-14(11-28)4-3-5-20(17)27-16-6-7-18(19(23)10-16)22(24,25)26/h2-7,10,15,27H,1,8-9,11-13H2. The van der Waals surface area contributed by atoms with Gasteiger partial charge in [0.2, 0.25) is 15.9 Å². The molecule has 0 bridgehead atoms. The predicted molar refractivity (Wildman–Crippen MR) is 114 cm³/mol. The Morgan fingerprint density at radius 3 is 2.55 bits per heavy atom. The summed E-state index contributed by atoms with van der Waals surface area (Å²) in [6.07, 6.45) is -4.27. The number of anilines is 2. The Balaban J connectivity index is 1.45. The van der Waals surface area contributed by atoms with Crippen LogP contribution >= 0.6 is 0 Å². The van der Waals surface area contributed by atoms with Crippen molar-refractivity contribution in [3.05, 3.63) is 70.9 Å². The van der Waals surface area contributed by atoms with Gasteiger partial charge in [-0.25, -0.2) is 12.8 Å². The van der Waals surface area contributed by atoms with E-state index in [1.54, 1.807) is 17.0 Å². The maximum atomic E-state index is 13.9. The molecule has 33 heavy (non-hydrogen) atoms. The van der Waals surface area contributed by atoms with Crippen LogP contribution < -0.4 is 5.32 Å². The number of nitrogens with zero attached hydrogens (tertiary/aromatic N) is 2. The number of fused-ring (bicyclic) bond motifs is 1. The van der Waals surface area contributed by atoms with Crippen molar-refractivity contribution in [3.8, 4) is 0 Å². The zero-order chi connectivity index (χ0) is 24.0. The lowest BCUT2D eigenvalue weighted by Crippen LogP contribution is -2.56. The molecule has 4 rings (SSSR count). The topological polar surface area (TPSA) is 69.7 Å². The zero-order valence-corrected chi connectivity index (χ0v) is 18.2. The summed E-state index contributed by atoms with van der Waals surface area (Å²) in [7, 11) is -3.53. The number of carbonyl (C=O) groups excluding carboxylic acids is 1. The molecule has 0 unspecified atom stereocenters. The van der Waals surface area contributed by atoms with Crippen LogP contribution in [0, 0.1) is 11.7 Å². The minimum atomic E-state index is -4.77. The van der Waals surface area contributed by atoms with Gasteiger partial charge in [-0.05, 0) is 41.8 Å². The number of hydrogen-bond acceptors (Lipinski definition) is 4. The van der Waals surface area contributed by atoms with E-state index < -0.39 is 33.5 Å². The highest BCUT2D eigenvalue weighted by Crippen LogP contribution is 2.34. The third-order valence-electron chi connectivity index (χ3n) is 5.90. The van der Waals surface area contributed by atoms with Crippen LogP contribution in [0.2, 0.25) is 0 Å². The molecule has 2 heterocycles. The number of sulfonamides is 1. The molecular weight excluding hydrogens is 462 g/mol. The van der Waals surface area contributed by atoms with E-state index in [0.29, 0.717) is 31.3 Å². The van der Waals surface area contributed by atoms with Gasteiger partial charge in [0.15, 0.2) is 0 Å². The summed E-state index contributed by atoms with van der Waals surface area (Å²) in [5, 5.41) is 3.84. The first-order valence-corrected chi connectivity index (χ1v) is 11.7. The average Bonchev–Trinajstić information content (AvgIpc) is 2.71. The van der Waals surface area contributed by atoms with Gasteiger partial charge in [-0.1, -0.05) is 18.7 Å². The number of halogens is 4. The number of nitrogens with one attached hydrogen (secondary N) is 1. The molecule has 1 fully saturated rings.